The van der Waals surface area contributed by atoms with Gasteiger partial charge in [0.25, 0.3) is 0 Å². The summed E-state index contributed by atoms with van der Waals surface area (Å²) in [5, 5.41) is 2.89. The van der Waals surface area contributed by atoms with Crippen LogP contribution < -0.4 is 5.32 Å². The number of amides is 1. The Labute approximate surface area is 114 Å². The molecule has 1 fully saturated rings. The molecule has 0 radical (unpaired) electrons. The molecule has 1 aliphatic rings. The highest BCUT2D eigenvalue weighted by atomic mass is 16.5. The maximum Gasteiger partial charge on any atom is 0.308 e. The molecule has 0 aromatic rings. The van der Waals surface area contributed by atoms with Crippen LogP contribution in [-0.2, 0) is 19.1 Å². The molecule has 2 unspecified atom stereocenters. The molecule has 6 nitrogen and oxygen atoms in total. The van der Waals surface area contributed by atoms with Gasteiger partial charge in [-0.1, -0.05) is 0 Å². The lowest BCUT2D eigenvalue weighted by Gasteiger charge is -2.36. The van der Waals surface area contributed by atoms with Crippen molar-refractivity contribution >= 4 is 11.9 Å². The molecule has 1 saturated heterocycles. The number of rotatable bonds is 5. The number of nitrogens with zero attached hydrogens (tertiary/aromatic N) is 1. The van der Waals surface area contributed by atoms with Gasteiger partial charge in [0.15, 0.2) is 0 Å². The molecule has 1 rings (SSSR count). The second-order valence-electron chi connectivity index (χ2n) is 5.11. The molecule has 2 atom stereocenters. The second kappa shape index (κ2) is 7.45. The molecule has 0 aliphatic carbocycles. The van der Waals surface area contributed by atoms with Gasteiger partial charge in [-0.25, -0.2) is 0 Å². The normalized spacial score (nSPS) is 22.1. The van der Waals surface area contributed by atoms with Gasteiger partial charge in [0.2, 0.25) is 5.91 Å². The van der Waals surface area contributed by atoms with Crippen molar-refractivity contribution in [2.24, 2.45) is 0 Å². The Morgan fingerprint density at radius 1 is 1.42 bits per heavy atom. The third kappa shape index (κ3) is 5.16. The van der Waals surface area contributed by atoms with Crippen molar-refractivity contribution in [3.8, 4) is 0 Å². The number of ether oxygens (including phenoxy) is 2. The summed E-state index contributed by atoms with van der Waals surface area (Å²) in [6.07, 6.45) is 0.0291. The van der Waals surface area contributed by atoms with E-state index >= 15 is 0 Å². The quantitative estimate of drug-likeness (QED) is 0.722. The average molecular weight is 272 g/mol. The van der Waals surface area contributed by atoms with Crippen LogP contribution >= 0.6 is 0 Å². The van der Waals surface area contributed by atoms with Crippen LogP contribution in [0.15, 0.2) is 0 Å². The molecule has 19 heavy (non-hydrogen) atoms. The minimum absolute atomic E-state index is 0.00807. The molecule has 1 amide bonds. The van der Waals surface area contributed by atoms with Gasteiger partial charge in [-0.3, -0.25) is 14.5 Å². The number of hydrogen-bond donors (Lipinski definition) is 1. The molecule has 1 heterocycles. The molecule has 0 saturated carbocycles. The third-order valence-corrected chi connectivity index (χ3v) is 3.15. The average Bonchev–Trinajstić information content (AvgIpc) is 2.37. The first kappa shape index (κ1) is 15.9. The maximum atomic E-state index is 12.0. The number of hydrogen-bond acceptors (Lipinski definition) is 5. The van der Waals surface area contributed by atoms with Crippen LogP contribution in [0.1, 0.15) is 27.2 Å². The highest BCUT2D eigenvalue weighted by Crippen LogP contribution is 2.12. The van der Waals surface area contributed by atoms with Crippen LogP contribution in [0.2, 0.25) is 0 Å². The summed E-state index contributed by atoms with van der Waals surface area (Å²) in [7, 11) is 1.36. The van der Waals surface area contributed by atoms with Gasteiger partial charge in [0.1, 0.15) is 0 Å². The van der Waals surface area contributed by atoms with E-state index in [0.29, 0.717) is 19.7 Å². The molecule has 110 valence electrons. The number of nitrogens with one attached hydrogen (secondary N) is 1. The lowest BCUT2D eigenvalue weighted by molar-refractivity contribution is -0.146. The van der Waals surface area contributed by atoms with Crippen molar-refractivity contribution in [3.63, 3.8) is 0 Å². The summed E-state index contributed by atoms with van der Waals surface area (Å²) >= 11 is 0. The Hall–Kier alpha value is -1.14. The molecule has 0 aromatic carbocycles. The fourth-order valence-corrected chi connectivity index (χ4v) is 2.06. The number of morpholine rings is 1. The van der Waals surface area contributed by atoms with Crippen LogP contribution in [0.3, 0.4) is 0 Å². The number of esters is 1. The summed E-state index contributed by atoms with van der Waals surface area (Å²) in [5.41, 5.74) is 0. The zero-order valence-electron chi connectivity index (χ0n) is 12.1. The summed E-state index contributed by atoms with van der Waals surface area (Å²) in [4.78, 5) is 25.2. The molecular formula is C13H24N2O4. The van der Waals surface area contributed by atoms with E-state index in [0.717, 1.165) is 0 Å². The van der Waals surface area contributed by atoms with E-state index in [1.807, 2.05) is 25.7 Å². The fraction of sp³-hybridized carbons (Fsp3) is 0.846. The molecule has 6 heteroatoms. The summed E-state index contributed by atoms with van der Waals surface area (Å²) in [6.45, 7) is 7.54. The number of carbonyl (C=O) groups is 2. The lowest BCUT2D eigenvalue weighted by atomic mass is 10.1. The first-order chi connectivity index (χ1) is 8.93. The number of methoxy groups -OCH3 is 1. The molecular weight excluding hydrogens is 248 g/mol. The Bertz CT molecular complexity index is 320. The third-order valence-electron chi connectivity index (χ3n) is 3.15. The van der Waals surface area contributed by atoms with Crippen molar-refractivity contribution in [1.82, 2.24) is 10.2 Å². The van der Waals surface area contributed by atoms with Crippen LogP contribution in [-0.4, -0.2) is 61.8 Å². The predicted octanol–water partition coefficient (Wildman–Crippen LogP) is 0.163. The van der Waals surface area contributed by atoms with E-state index < -0.39 is 0 Å². The first-order valence-corrected chi connectivity index (χ1v) is 6.67. The van der Waals surface area contributed by atoms with Gasteiger partial charge in [0.05, 0.1) is 32.3 Å². The van der Waals surface area contributed by atoms with Gasteiger partial charge < -0.3 is 14.8 Å². The van der Waals surface area contributed by atoms with Crippen LogP contribution in [0.25, 0.3) is 0 Å². The van der Waals surface area contributed by atoms with Crippen molar-refractivity contribution in [2.75, 3.05) is 26.8 Å². The number of carbonyl (C=O) groups excluding carboxylic acids is 2. The van der Waals surface area contributed by atoms with Gasteiger partial charge in [0, 0.05) is 19.1 Å². The summed E-state index contributed by atoms with van der Waals surface area (Å²) in [5.74, 6) is -0.278. The smallest absolute Gasteiger partial charge is 0.308 e. The molecule has 1 aliphatic heterocycles. The van der Waals surface area contributed by atoms with E-state index in [2.05, 4.69) is 10.1 Å². The Kier molecular flexibility index (Phi) is 6.24. The molecule has 0 aromatic heterocycles. The Morgan fingerprint density at radius 3 is 2.68 bits per heavy atom. The van der Waals surface area contributed by atoms with Gasteiger partial charge >= 0.3 is 5.97 Å². The highest BCUT2D eigenvalue weighted by molar-refractivity contribution is 5.81. The summed E-state index contributed by atoms with van der Waals surface area (Å²) < 4.78 is 10.1. The molecule has 0 spiro atoms. The SMILES string of the molecule is COC(=O)CC1CN(C(C)C(=O)NC(C)C)CCO1. The van der Waals surface area contributed by atoms with Crippen LogP contribution in [0.4, 0.5) is 0 Å². The van der Waals surface area contributed by atoms with Gasteiger partial charge in [-0.2, -0.15) is 0 Å². The van der Waals surface area contributed by atoms with Crippen molar-refractivity contribution in [1.29, 1.82) is 0 Å². The van der Waals surface area contributed by atoms with E-state index in [9.17, 15) is 9.59 Å². The van der Waals surface area contributed by atoms with E-state index in [1.54, 1.807) is 0 Å². The second-order valence-corrected chi connectivity index (χ2v) is 5.11. The van der Waals surface area contributed by atoms with Crippen molar-refractivity contribution in [2.45, 2.75) is 45.4 Å². The van der Waals surface area contributed by atoms with Gasteiger partial charge in [-0.15, -0.1) is 0 Å². The molecule has 0 bridgehead atoms. The van der Waals surface area contributed by atoms with E-state index in [1.165, 1.54) is 7.11 Å². The Balaban J connectivity index is 2.49. The molecule has 1 N–H and O–H groups in total. The highest BCUT2D eigenvalue weighted by Gasteiger charge is 2.29. The zero-order chi connectivity index (χ0) is 14.4. The Morgan fingerprint density at radius 2 is 2.11 bits per heavy atom. The van der Waals surface area contributed by atoms with Crippen molar-refractivity contribution < 1.29 is 19.1 Å². The van der Waals surface area contributed by atoms with Crippen LogP contribution in [0, 0.1) is 0 Å². The minimum atomic E-state index is -0.286. The standard InChI is InChI=1S/C13H24N2O4/c1-9(2)14-13(17)10(3)15-5-6-19-11(8-15)7-12(16)18-4/h9-11H,5-8H2,1-4H3,(H,14,17). The largest absolute Gasteiger partial charge is 0.469 e. The van der Waals surface area contributed by atoms with E-state index in [-0.39, 0.29) is 36.5 Å². The van der Waals surface area contributed by atoms with E-state index in [4.69, 9.17) is 4.74 Å². The minimum Gasteiger partial charge on any atom is -0.469 e. The van der Waals surface area contributed by atoms with Crippen molar-refractivity contribution in [3.05, 3.63) is 0 Å². The summed E-state index contributed by atoms with van der Waals surface area (Å²) in [6, 6.07) is -0.0895. The maximum absolute atomic E-state index is 12.0. The van der Waals surface area contributed by atoms with Gasteiger partial charge in [-0.05, 0) is 20.8 Å². The van der Waals surface area contributed by atoms with Crippen LogP contribution in [0.5, 0.6) is 0 Å². The fourth-order valence-electron chi connectivity index (χ4n) is 2.06. The predicted molar refractivity (Wildman–Crippen MR) is 70.7 cm³/mol. The topological polar surface area (TPSA) is 67.9 Å². The zero-order valence-corrected chi connectivity index (χ0v) is 12.1. The first-order valence-electron chi connectivity index (χ1n) is 6.67. The lowest BCUT2D eigenvalue weighted by Crippen LogP contribution is -2.53. The monoisotopic (exact) mass is 272 g/mol.